The second-order valence-electron chi connectivity index (χ2n) is 7.91. The first-order chi connectivity index (χ1) is 15.6. The maximum Gasteiger partial charge on any atom is 0.338 e. The zero-order chi connectivity index (χ0) is 24.2. The fourth-order valence-corrected chi connectivity index (χ4v) is 4.66. The summed E-state index contributed by atoms with van der Waals surface area (Å²) in [7, 11) is -2.44. The Hall–Kier alpha value is -3.11. The number of hydrogen-bond acceptors (Lipinski definition) is 7. The minimum absolute atomic E-state index is 0.0240. The van der Waals surface area contributed by atoms with Crippen LogP contribution in [0.25, 0.3) is 0 Å². The molecule has 3 rings (SSSR count). The molecule has 1 aliphatic heterocycles. The van der Waals surface area contributed by atoms with Gasteiger partial charge in [0.05, 0.1) is 29.8 Å². The number of nitrogens with zero attached hydrogens (tertiary/aromatic N) is 1. The van der Waals surface area contributed by atoms with Gasteiger partial charge in [0.1, 0.15) is 5.75 Å². The molecule has 1 heterocycles. The van der Waals surface area contributed by atoms with E-state index in [2.05, 4.69) is 4.72 Å². The van der Waals surface area contributed by atoms with Crippen LogP contribution in [0.15, 0.2) is 53.4 Å². The van der Waals surface area contributed by atoms with E-state index in [1.807, 2.05) is 13.8 Å². The summed E-state index contributed by atoms with van der Waals surface area (Å²) < 4.78 is 44.0. The molecule has 0 spiro atoms. The van der Waals surface area contributed by atoms with Crippen LogP contribution in [0.1, 0.15) is 31.1 Å². The first-order valence-electron chi connectivity index (χ1n) is 10.5. The molecule has 0 aromatic heterocycles. The highest BCUT2D eigenvalue weighted by Crippen LogP contribution is 2.21. The van der Waals surface area contributed by atoms with Gasteiger partial charge < -0.3 is 19.1 Å². The Bertz CT molecular complexity index is 1090. The zero-order valence-corrected chi connectivity index (χ0v) is 19.8. The molecule has 9 nitrogen and oxygen atoms in total. The molecule has 0 aliphatic carbocycles. The van der Waals surface area contributed by atoms with E-state index in [4.69, 9.17) is 14.2 Å². The summed E-state index contributed by atoms with van der Waals surface area (Å²) in [4.78, 5) is 26.8. The van der Waals surface area contributed by atoms with Crippen molar-refractivity contribution in [3.05, 3.63) is 54.1 Å². The number of amides is 1. The van der Waals surface area contributed by atoms with Gasteiger partial charge in [-0.05, 0) is 63.2 Å². The molecule has 3 unspecified atom stereocenters. The van der Waals surface area contributed by atoms with Crippen LogP contribution in [0.5, 0.6) is 5.75 Å². The van der Waals surface area contributed by atoms with Crippen LogP contribution in [0.3, 0.4) is 0 Å². The number of ether oxygens (including phenoxy) is 3. The molecule has 0 radical (unpaired) electrons. The number of rotatable bonds is 7. The summed E-state index contributed by atoms with van der Waals surface area (Å²) in [6.45, 7) is 6.07. The van der Waals surface area contributed by atoms with E-state index in [0.29, 0.717) is 24.5 Å². The van der Waals surface area contributed by atoms with E-state index in [1.165, 1.54) is 38.3 Å². The SMILES string of the molecule is COc1ccc(NS(=O)(=O)c2cccc(C(=O)OC(C)C(=O)N3CC(C)OC(C)C3)c2)cc1. The van der Waals surface area contributed by atoms with Gasteiger partial charge in [-0.15, -0.1) is 0 Å². The van der Waals surface area contributed by atoms with E-state index < -0.39 is 22.1 Å². The number of benzene rings is 2. The van der Waals surface area contributed by atoms with E-state index in [9.17, 15) is 18.0 Å². The highest BCUT2D eigenvalue weighted by molar-refractivity contribution is 7.92. The first kappa shape index (κ1) is 24.5. The summed E-state index contributed by atoms with van der Waals surface area (Å²) >= 11 is 0. The van der Waals surface area contributed by atoms with Crippen LogP contribution in [0, 0.1) is 0 Å². The van der Waals surface area contributed by atoms with Gasteiger partial charge in [-0.25, -0.2) is 13.2 Å². The lowest BCUT2D eigenvalue weighted by Gasteiger charge is -2.36. The number of carbonyl (C=O) groups excluding carboxylic acids is 2. The third-order valence-electron chi connectivity index (χ3n) is 5.09. The van der Waals surface area contributed by atoms with Crippen LogP contribution in [-0.2, 0) is 24.3 Å². The molecule has 0 bridgehead atoms. The van der Waals surface area contributed by atoms with Crippen molar-refractivity contribution < 1.29 is 32.2 Å². The van der Waals surface area contributed by atoms with Gasteiger partial charge in [-0.3, -0.25) is 9.52 Å². The van der Waals surface area contributed by atoms with E-state index in [1.54, 1.807) is 29.2 Å². The molecule has 1 fully saturated rings. The van der Waals surface area contributed by atoms with Crippen LogP contribution in [-0.4, -0.2) is 63.7 Å². The molecule has 1 N–H and O–H groups in total. The Morgan fingerprint density at radius 2 is 1.73 bits per heavy atom. The summed E-state index contributed by atoms with van der Waals surface area (Å²) in [6, 6.07) is 11.8. The number of esters is 1. The van der Waals surface area contributed by atoms with Crippen molar-refractivity contribution in [3.63, 3.8) is 0 Å². The molecule has 1 saturated heterocycles. The van der Waals surface area contributed by atoms with Crippen LogP contribution in [0.2, 0.25) is 0 Å². The number of carbonyl (C=O) groups is 2. The number of morpholine rings is 1. The van der Waals surface area contributed by atoms with Crippen molar-refractivity contribution in [2.45, 2.75) is 44.0 Å². The molecule has 2 aromatic carbocycles. The molecule has 178 valence electrons. The summed E-state index contributed by atoms with van der Waals surface area (Å²) in [5.74, 6) is -0.519. The van der Waals surface area contributed by atoms with Crippen molar-refractivity contribution in [1.82, 2.24) is 4.90 Å². The number of hydrogen-bond donors (Lipinski definition) is 1. The summed E-state index contributed by atoms with van der Waals surface area (Å²) in [5.41, 5.74) is 0.368. The Labute approximate surface area is 193 Å². The zero-order valence-electron chi connectivity index (χ0n) is 19.0. The molecule has 2 aromatic rings. The van der Waals surface area contributed by atoms with Gasteiger partial charge in [0.25, 0.3) is 15.9 Å². The minimum atomic E-state index is -3.95. The number of anilines is 1. The number of methoxy groups -OCH3 is 1. The molecule has 1 amide bonds. The summed E-state index contributed by atoms with van der Waals surface area (Å²) in [6.07, 6.45) is -1.24. The molecule has 10 heteroatoms. The summed E-state index contributed by atoms with van der Waals surface area (Å²) in [5, 5.41) is 0. The highest BCUT2D eigenvalue weighted by atomic mass is 32.2. The Morgan fingerprint density at radius 3 is 2.33 bits per heavy atom. The molecule has 1 aliphatic rings. The quantitative estimate of drug-likeness (QED) is 0.612. The fraction of sp³-hybridized carbons (Fsp3) is 0.391. The number of nitrogens with one attached hydrogen (secondary N) is 1. The Morgan fingerprint density at radius 1 is 1.09 bits per heavy atom. The highest BCUT2D eigenvalue weighted by Gasteiger charge is 2.30. The Kier molecular flexibility index (Phi) is 7.60. The van der Waals surface area contributed by atoms with E-state index in [-0.39, 0.29) is 28.6 Å². The lowest BCUT2D eigenvalue weighted by molar-refractivity contribution is -0.151. The lowest BCUT2D eigenvalue weighted by atomic mass is 10.2. The van der Waals surface area contributed by atoms with Crippen molar-refractivity contribution in [2.24, 2.45) is 0 Å². The maximum atomic E-state index is 12.8. The van der Waals surface area contributed by atoms with Crippen LogP contribution < -0.4 is 9.46 Å². The normalized spacial score (nSPS) is 19.5. The second kappa shape index (κ2) is 10.2. The fourth-order valence-electron chi connectivity index (χ4n) is 3.56. The average Bonchev–Trinajstić information content (AvgIpc) is 2.78. The van der Waals surface area contributed by atoms with Crippen LogP contribution in [0.4, 0.5) is 5.69 Å². The third-order valence-corrected chi connectivity index (χ3v) is 6.46. The Balaban J connectivity index is 1.68. The van der Waals surface area contributed by atoms with E-state index in [0.717, 1.165) is 0 Å². The van der Waals surface area contributed by atoms with Crippen molar-refractivity contribution in [3.8, 4) is 5.75 Å². The van der Waals surface area contributed by atoms with Crippen molar-refractivity contribution >= 4 is 27.6 Å². The molecular weight excluding hydrogens is 448 g/mol. The molecule has 33 heavy (non-hydrogen) atoms. The topological polar surface area (TPSA) is 111 Å². The third kappa shape index (κ3) is 6.23. The van der Waals surface area contributed by atoms with Gasteiger partial charge in [0.15, 0.2) is 6.10 Å². The van der Waals surface area contributed by atoms with Gasteiger partial charge in [-0.2, -0.15) is 0 Å². The standard InChI is InChI=1S/C23H28N2O7S/c1-15-13-25(14-16(2)31-15)22(26)17(3)32-23(27)18-6-5-7-21(12-18)33(28,29)24-19-8-10-20(30-4)11-9-19/h5-12,15-17,24H,13-14H2,1-4H3. The van der Waals surface area contributed by atoms with Gasteiger partial charge in [-0.1, -0.05) is 6.07 Å². The molecule has 3 atom stereocenters. The molecule has 0 saturated carbocycles. The van der Waals surface area contributed by atoms with Gasteiger partial charge in [0, 0.05) is 18.8 Å². The monoisotopic (exact) mass is 476 g/mol. The van der Waals surface area contributed by atoms with E-state index >= 15 is 0 Å². The van der Waals surface area contributed by atoms with Gasteiger partial charge in [0.2, 0.25) is 0 Å². The maximum absolute atomic E-state index is 12.8. The van der Waals surface area contributed by atoms with Crippen molar-refractivity contribution in [2.75, 3.05) is 24.9 Å². The van der Waals surface area contributed by atoms with Gasteiger partial charge >= 0.3 is 5.97 Å². The number of sulfonamides is 1. The predicted octanol–water partition coefficient (Wildman–Crippen LogP) is 2.68. The molecular formula is C23H28N2O7S. The second-order valence-corrected chi connectivity index (χ2v) is 9.59. The largest absolute Gasteiger partial charge is 0.497 e. The van der Waals surface area contributed by atoms with Crippen LogP contribution >= 0.6 is 0 Å². The predicted molar refractivity (Wildman–Crippen MR) is 122 cm³/mol. The first-order valence-corrected chi connectivity index (χ1v) is 12.0. The van der Waals surface area contributed by atoms with Crippen molar-refractivity contribution in [1.29, 1.82) is 0 Å². The average molecular weight is 477 g/mol. The smallest absolute Gasteiger partial charge is 0.338 e. The minimum Gasteiger partial charge on any atom is -0.497 e. The lowest BCUT2D eigenvalue weighted by Crippen LogP contribution is -2.51.